The maximum absolute atomic E-state index is 11.5. The Bertz CT molecular complexity index is 325. The van der Waals surface area contributed by atoms with E-state index in [1.807, 2.05) is 11.8 Å². The Kier molecular flexibility index (Phi) is 6.87. The monoisotopic (exact) mass is 313 g/mol. The molecule has 0 heterocycles. The third-order valence-electron chi connectivity index (χ3n) is 5.09. The van der Waals surface area contributed by atoms with Crippen LogP contribution >= 0.6 is 11.8 Å². The van der Waals surface area contributed by atoms with Gasteiger partial charge in [0.25, 0.3) is 0 Å². The zero-order valence-corrected chi connectivity index (χ0v) is 14.5. The third kappa shape index (κ3) is 5.48. The Labute approximate surface area is 134 Å². The second-order valence-electron chi connectivity index (χ2n) is 6.83. The summed E-state index contributed by atoms with van der Waals surface area (Å²) in [4.78, 5) is 11.5. The molecule has 0 aromatic carbocycles. The first-order valence-electron chi connectivity index (χ1n) is 8.57. The number of carbonyl (C=O) groups excluding carboxylic acids is 1. The van der Waals surface area contributed by atoms with Gasteiger partial charge in [0.05, 0.1) is 13.5 Å². The minimum atomic E-state index is -0.0383. The lowest BCUT2D eigenvalue weighted by atomic mass is 9.84. The lowest BCUT2D eigenvalue weighted by Gasteiger charge is -2.31. The number of rotatable bonds is 9. The van der Waals surface area contributed by atoms with Gasteiger partial charge >= 0.3 is 5.97 Å². The zero-order valence-electron chi connectivity index (χ0n) is 13.7. The van der Waals surface area contributed by atoms with Gasteiger partial charge in [-0.15, -0.1) is 0 Å². The Hall–Kier alpha value is -0.220. The molecule has 0 radical (unpaired) electrons. The molecule has 0 bridgehead atoms. The van der Waals surface area contributed by atoms with Gasteiger partial charge in [0.1, 0.15) is 0 Å². The fourth-order valence-electron chi connectivity index (χ4n) is 3.49. The van der Waals surface area contributed by atoms with Crippen LogP contribution in [0, 0.1) is 11.3 Å². The molecule has 2 saturated carbocycles. The lowest BCUT2D eigenvalue weighted by Crippen LogP contribution is -2.39. The van der Waals surface area contributed by atoms with Crippen molar-refractivity contribution in [3.05, 3.63) is 0 Å². The minimum absolute atomic E-state index is 0.0383. The predicted octanol–water partition coefficient (Wildman–Crippen LogP) is 3.62. The molecule has 0 aliphatic heterocycles. The summed E-state index contributed by atoms with van der Waals surface area (Å²) < 4.78 is 4.83. The van der Waals surface area contributed by atoms with Crippen LogP contribution in [0.2, 0.25) is 0 Å². The maximum atomic E-state index is 11.5. The van der Waals surface area contributed by atoms with E-state index in [0.717, 1.165) is 18.2 Å². The van der Waals surface area contributed by atoms with Crippen LogP contribution in [0.25, 0.3) is 0 Å². The molecule has 0 aromatic heterocycles. The molecule has 0 saturated heterocycles. The number of hydrogen-bond donors (Lipinski definition) is 1. The van der Waals surface area contributed by atoms with Crippen LogP contribution in [0.5, 0.6) is 0 Å². The van der Waals surface area contributed by atoms with E-state index in [1.54, 1.807) is 0 Å². The van der Waals surface area contributed by atoms with E-state index in [1.165, 1.54) is 57.8 Å². The molecule has 1 atom stereocenters. The molecule has 122 valence electrons. The maximum Gasteiger partial charge on any atom is 0.306 e. The number of hydrogen-bond acceptors (Lipinski definition) is 4. The fourth-order valence-corrected chi connectivity index (χ4v) is 5.08. The molecule has 2 rings (SSSR count). The molecule has 4 heteroatoms. The highest BCUT2D eigenvalue weighted by Gasteiger charge is 2.44. The predicted molar refractivity (Wildman–Crippen MR) is 89.7 cm³/mol. The van der Waals surface area contributed by atoms with Crippen molar-refractivity contribution in [2.24, 2.45) is 11.3 Å². The van der Waals surface area contributed by atoms with Crippen molar-refractivity contribution in [1.29, 1.82) is 0 Å². The van der Waals surface area contributed by atoms with E-state index >= 15 is 0 Å². The molecule has 0 spiro atoms. The normalized spacial score (nSPS) is 22.8. The summed E-state index contributed by atoms with van der Waals surface area (Å²) in [7, 11) is 1.50. The van der Waals surface area contributed by atoms with Crippen molar-refractivity contribution in [2.45, 2.75) is 64.3 Å². The molecule has 0 aromatic rings. The van der Waals surface area contributed by atoms with Gasteiger partial charge in [-0.25, -0.2) is 0 Å². The zero-order chi connectivity index (χ0) is 15.1. The molecule has 1 N–H and O–H groups in total. The molecule has 2 fully saturated rings. The summed E-state index contributed by atoms with van der Waals surface area (Å²) in [5.74, 6) is 3.14. The highest BCUT2D eigenvalue weighted by Crippen LogP contribution is 2.51. The van der Waals surface area contributed by atoms with Gasteiger partial charge < -0.3 is 10.1 Å². The van der Waals surface area contributed by atoms with Crippen LogP contribution in [0.3, 0.4) is 0 Å². The summed E-state index contributed by atoms with van der Waals surface area (Å²) in [6, 6.07) is 0.661. The van der Waals surface area contributed by atoms with Crippen molar-refractivity contribution in [1.82, 2.24) is 5.32 Å². The average Bonchev–Trinajstić information content (AvgIpc) is 3.27. The van der Waals surface area contributed by atoms with E-state index in [2.05, 4.69) is 12.2 Å². The molecular weight excluding hydrogens is 282 g/mol. The molecule has 0 amide bonds. The molecule has 2 aliphatic carbocycles. The summed E-state index contributed by atoms with van der Waals surface area (Å²) in [6.07, 6.45) is 10.0. The average molecular weight is 314 g/mol. The highest BCUT2D eigenvalue weighted by atomic mass is 32.2. The van der Waals surface area contributed by atoms with Crippen molar-refractivity contribution >= 4 is 17.7 Å². The summed E-state index contributed by atoms with van der Waals surface area (Å²) in [5, 5.41) is 3.70. The number of carbonyl (C=O) groups is 1. The smallest absolute Gasteiger partial charge is 0.306 e. The van der Waals surface area contributed by atoms with Gasteiger partial charge in [-0.3, -0.25) is 4.79 Å². The quantitative estimate of drug-likeness (QED) is 0.660. The first kappa shape index (κ1) is 17.1. The first-order valence-corrected chi connectivity index (χ1v) is 9.72. The fraction of sp³-hybridized carbons (Fsp3) is 0.941. The van der Waals surface area contributed by atoms with E-state index < -0.39 is 0 Å². The van der Waals surface area contributed by atoms with Crippen LogP contribution in [0.1, 0.15) is 58.3 Å². The largest absolute Gasteiger partial charge is 0.469 e. The molecular formula is C17H31NO2S. The summed E-state index contributed by atoms with van der Waals surface area (Å²) in [6.45, 7) is 3.27. The minimum Gasteiger partial charge on any atom is -0.469 e. The van der Waals surface area contributed by atoms with Crippen LogP contribution in [-0.2, 0) is 9.53 Å². The number of thioether (sulfide) groups is 1. The lowest BCUT2D eigenvalue weighted by molar-refractivity contribution is -0.141. The molecule has 2 aliphatic rings. The first-order chi connectivity index (χ1) is 10.2. The van der Waals surface area contributed by atoms with Gasteiger partial charge in [0.15, 0.2) is 0 Å². The van der Waals surface area contributed by atoms with Crippen molar-refractivity contribution in [3.8, 4) is 0 Å². The topological polar surface area (TPSA) is 38.3 Å². The molecule has 21 heavy (non-hydrogen) atoms. The van der Waals surface area contributed by atoms with Crippen LogP contribution in [0.4, 0.5) is 0 Å². The van der Waals surface area contributed by atoms with Gasteiger partial charge in [0.2, 0.25) is 0 Å². The van der Waals surface area contributed by atoms with Crippen LogP contribution < -0.4 is 5.32 Å². The number of ether oxygens (including phenoxy) is 1. The second-order valence-corrected chi connectivity index (χ2v) is 7.86. The van der Waals surface area contributed by atoms with E-state index in [4.69, 9.17) is 4.74 Å². The Morgan fingerprint density at radius 1 is 1.33 bits per heavy atom. The SMILES string of the molecule is CCNC(CSCC1(CC(=O)OC)CC1)C1CCCCC1. The van der Waals surface area contributed by atoms with Crippen molar-refractivity contribution in [2.75, 3.05) is 25.2 Å². The highest BCUT2D eigenvalue weighted by molar-refractivity contribution is 7.99. The number of nitrogens with one attached hydrogen (secondary N) is 1. The third-order valence-corrected chi connectivity index (χ3v) is 6.51. The Morgan fingerprint density at radius 3 is 2.62 bits per heavy atom. The Balaban J connectivity index is 1.72. The summed E-state index contributed by atoms with van der Waals surface area (Å²) in [5.41, 5.74) is 0.265. The standard InChI is InChI=1S/C17H31NO2S/c1-3-18-15(14-7-5-4-6-8-14)12-21-13-17(9-10-17)11-16(19)20-2/h14-15,18H,3-13H2,1-2H3. The second kappa shape index (κ2) is 8.42. The summed E-state index contributed by atoms with van der Waals surface area (Å²) >= 11 is 2.05. The van der Waals surface area contributed by atoms with Crippen LogP contribution in [0.15, 0.2) is 0 Å². The Morgan fingerprint density at radius 2 is 2.05 bits per heavy atom. The van der Waals surface area contributed by atoms with Gasteiger partial charge in [0, 0.05) is 11.8 Å². The van der Waals surface area contributed by atoms with Gasteiger partial charge in [-0.05, 0) is 49.3 Å². The van der Waals surface area contributed by atoms with Gasteiger partial charge in [-0.2, -0.15) is 11.8 Å². The number of methoxy groups -OCH3 is 1. The van der Waals surface area contributed by atoms with E-state index in [0.29, 0.717) is 12.5 Å². The molecule has 3 nitrogen and oxygen atoms in total. The van der Waals surface area contributed by atoms with Crippen molar-refractivity contribution < 1.29 is 9.53 Å². The molecule has 1 unspecified atom stereocenters. The van der Waals surface area contributed by atoms with Crippen molar-refractivity contribution in [3.63, 3.8) is 0 Å². The van der Waals surface area contributed by atoms with E-state index in [-0.39, 0.29) is 11.4 Å². The van der Waals surface area contributed by atoms with Gasteiger partial charge in [-0.1, -0.05) is 26.2 Å². The van der Waals surface area contributed by atoms with E-state index in [9.17, 15) is 4.79 Å². The van der Waals surface area contributed by atoms with Crippen LogP contribution in [-0.4, -0.2) is 37.2 Å². The number of esters is 1.